The fourth-order valence-electron chi connectivity index (χ4n) is 2.41. The summed E-state index contributed by atoms with van der Waals surface area (Å²) in [6.45, 7) is 2.07. The Labute approximate surface area is 118 Å². The number of hydrogen-bond donors (Lipinski definition) is 1. The number of carbonyl (C=O) groups excluding carboxylic acids is 2. The molecule has 110 valence electrons. The van der Waals surface area contributed by atoms with Gasteiger partial charge < -0.3 is 14.5 Å². The minimum atomic E-state index is -0.670. The van der Waals surface area contributed by atoms with Crippen LogP contribution in [0.25, 0.3) is 0 Å². The second-order valence-corrected chi connectivity index (χ2v) is 5.31. The predicted molar refractivity (Wildman–Crippen MR) is 73.2 cm³/mol. The van der Waals surface area contributed by atoms with E-state index in [0.29, 0.717) is 12.5 Å². The molecule has 1 atom stereocenters. The molecule has 1 aliphatic carbocycles. The summed E-state index contributed by atoms with van der Waals surface area (Å²) in [5.41, 5.74) is 0. The Hall–Kier alpha value is -1.78. The second kappa shape index (κ2) is 7.12. The number of esters is 1. The van der Waals surface area contributed by atoms with Crippen LogP contribution < -0.4 is 5.32 Å². The van der Waals surface area contributed by atoms with Crippen LogP contribution in [-0.2, 0) is 9.53 Å². The Morgan fingerprint density at radius 1 is 1.40 bits per heavy atom. The highest BCUT2D eigenvalue weighted by molar-refractivity contribution is 5.94. The summed E-state index contributed by atoms with van der Waals surface area (Å²) in [4.78, 5) is 23.5. The molecule has 1 N–H and O–H groups in total. The molecule has 1 aliphatic rings. The van der Waals surface area contributed by atoms with Gasteiger partial charge in [0.05, 0.1) is 12.9 Å². The first kappa shape index (κ1) is 14.6. The molecule has 5 nitrogen and oxygen atoms in total. The van der Waals surface area contributed by atoms with E-state index >= 15 is 0 Å². The molecule has 0 aliphatic heterocycles. The number of rotatable bonds is 5. The highest BCUT2D eigenvalue weighted by Gasteiger charge is 2.21. The summed E-state index contributed by atoms with van der Waals surface area (Å²) in [7, 11) is 0. The molecule has 0 bridgehead atoms. The van der Waals surface area contributed by atoms with Gasteiger partial charge in [-0.15, -0.1) is 0 Å². The predicted octanol–water partition coefficient (Wildman–Crippen LogP) is 2.52. The van der Waals surface area contributed by atoms with Crippen molar-refractivity contribution in [2.75, 3.05) is 6.61 Å². The largest absolute Gasteiger partial charge is 0.464 e. The van der Waals surface area contributed by atoms with Crippen molar-refractivity contribution in [3.63, 3.8) is 0 Å². The smallest absolute Gasteiger partial charge is 0.328 e. The number of amides is 1. The third-order valence-electron chi connectivity index (χ3n) is 3.63. The zero-order valence-corrected chi connectivity index (χ0v) is 11.8. The molecule has 1 saturated carbocycles. The van der Waals surface area contributed by atoms with E-state index in [-0.39, 0.29) is 5.76 Å². The molecule has 20 heavy (non-hydrogen) atoms. The van der Waals surface area contributed by atoms with Crippen LogP contribution in [0.15, 0.2) is 22.8 Å². The van der Waals surface area contributed by atoms with Gasteiger partial charge in [0.2, 0.25) is 0 Å². The van der Waals surface area contributed by atoms with Gasteiger partial charge >= 0.3 is 5.97 Å². The summed E-state index contributed by atoms with van der Waals surface area (Å²) >= 11 is 0. The van der Waals surface area contributed by atoms with Gasteiger partial charge in [0.25, 0.3) is 5.91 Å². The van der Waals surface area contributed by atoms with Crippen LogP contribution in [0.1, 0.15) is 49.6 Å². The van der Waals surface area contributed by atoms with Crippen molar-refractivity contribution in [3.8, 4) is 0 Å². The maximum Gasteiger partial charge on any atom is 0.328 e. The number of nitrogens with one attached hydrogen (secondary N) is 1. The molecular weight excluding hydrogens is 258 g/mol. The van der Waals surface area contributed by atoms with Crippen molar-refractivity contribution in [2.24, 2.45) is 5.92 Å². The van der Waals surface area contributed by atoms with Crippen LogP contribution in [0.3, 0.4) is 0 Å². The SMILES string of the molecule is C[C@H](NC(=O)c1ccco1)C(=O)OCC1CCCCC1. The van der Waals surface area contributed by atoms with Crippen LogP contribution in [0.5, 0.6) is 0 Å². The zero-order chi connectivity index (χ0) is 14.4. The third kappa shape index (κ3) is 4.11. The Kier molecular flexibility index (Phi) is 5.21. The molecule has 5 heteroatoms. The zero-order valence-electron chi connectivity index (χ0n) is 11.8. The number of ether oxygens (including phenoxy) is 1. The lowest BCUT2D eigenvalue weighted by molar-refractivity contribution is -0.147. The lowest BCUT2D eigenvalue weighted by Crippen LogP contribution is -2.40. The van der Waals surface area contributed by atoms with Crippen molar-refractivity contribution in [1.29, 1.82) is 0 Å². The molecule has 1 aromatic rings. The van der Waals surface area contributed by atoms with E-state index in [4.69, 9.17) is 9.15 Å². The maximum absolute atomic E-state index is 11.8. The molecule has 0 unspecified atom stereocenters. The third-order valence-corrected chi connectivity index (χ3v) is 3.63. The van der Waals surface area contributed by atoms with E-state index in [0.717, 1.165) is 12.8 Å². The van der Waals surface area contributed by atoms with Crippen molar-refractivity contribution in [2.45, 2.75) is 45.1 Å². The molecule has 0 spiro atoms. The van der Waals surface area contributed by atoms with Crippen LogP contribution in [0.2, 0.25) is 0 Å². The average molecular weight is 279 g/mol. The van der Waals surface area contributed by atoms with Gasteiger partial charge in [-0.2, -0.15) is 0 Å². The Morgan fingerprint density at radius 3 is 2.80 bits per heavy atom. The first-order valence-corrected chi connectivity index (χ1v) is 7.18. The molecule has 1 heterocycles. The number of hydrogen-bond acceptors (Lipinski definition) is 4. The second-order valence-electron chi connectivity index (χ2n) is 5.31. The summed E-state index contributed by atoms with van der Waals surface area (Å²) < 4.78 is 10.2. The highest BCUT2D eigenvalue weighted by atomic mass is 16.5. The highest BCUT2D eigenvalue weighted by Crippen LogP contribution is 2.23. The fraction of sp³-hybridized carbons (Fsp3) is 0.600. The van der Waals surface area contributed by atoms with Crippen molar-refractivity contribution in [1.82, 2.24) is 5.32 Å². The minimum Gasteiger partial charge on any atom is -0.464 e. The number of furan rings is 1. The van der Waals surface area contributed by atoms with E-state index in [9.17, 15) is 9.59 Å². The normalized spacial score (nSPS) is 17.4. The maximum atomic E-state index is 11.8. The monoisotopic (exact) mass is 279 g/mol. The molecule has 0 radical (unpaired) electrons. The van der Waals surface area contributed by atoms with Gasteiger partial charge in [0, 0.05) is 0 Å². The van der Waals surface area contributed by atoms with Gasteiger partial charge in [0.15, 0.2) is 5.76 Å². The number of carbonyl (C=O) groups is 2. The van der Waals surface area contributed by atoms with Crippen molar-refractivity contribution < 1.29 is 18.7 Å². The lowest BCUT2D eigenvalue weighted by atomic mass is 9.90. The first-order chi connectivity index (χ1) is 9.66. The molecule has 1 amide bonds. The lowest BCUT2D eigenvalue weighted by Gasteiger charge is -2.22. The molecule has 0 saturated heterocycles. The van der Waals surface area contributed by atoms with Crippen LogP contribution in [0.4, 0.5) is 0 Å². The van der Waals surface area contributed by atoms with Crippen LogP contribution >= 0.6 is 0 Å². The summed E-state index contributed by atoms with van der Waals surface area (Å²) in [5.74, 6) is -0.134. The average Bonchev–Trinajstić information content (AvgIpc) is 3.00. The fourth-order valence-corrected chi connectivity index (χ4v) is 2.41. The van der Waals surface area contributed by atoms with Crippen molar-refractivity contribution in [3.05, 3.63) is 24.2 Å². The summed E-state index contributed by atoms with van der Waals surface area (Å²) in [5, 5.41) is 2.56. The van der Waals surface area contributed by atoms with Gasteiger partial charge in [0.1, 0.15) is 6.04 Å². The van der Waals surface area contributed by atoms with Gasteiger partial charge in [-0.25, -0.2) is 4.79 Å². The Balaban J connectivity index is 1.72. The first-order valence-electron chi connectivity index (χ1n) is 7.18. The van der Waals surface area contributed by atoms with Gasteiger partial charge in [-0.1, -0.05) is 19.3 Å². The minimum absolute atomic E-state index is 0.192. The Bertz CT molecular complexity index is 435. The summed E-state index contributed by atoms with van der Waals surface area (Å²) in [6, 6.07) is 2.51. The van der Waals surface area contributed by atoms with Crippen molar-refractivity contribution >= 4 is 11.9 Å². The van der Waals surface area contributed by atoms with Gasteiger partial charge in [-0.3, -0.25) is 4.79 Å². The molecule has 1 fully saturated rings. The topological polar surface area (TPSA) is 68.5 Å². The van der Waals surface area contributed by atoms with E-state index in [1.807, 2.05) is 0 Å². The molecule has 2 rings (SSSR count). The molecule has 0 aromatic carbocycles. The van der Waals surface area contributed by atoms with Gasteiger partial charge in [-0.05, 0) is 37.8 Å². The van der Waals surface area contributed by atoms with E-state index in [1.54, 1.807) is 19.1 Å². The van der Waals surface area contributed by atoms with E-state index in [1.165, 1.54) is 25.5 Å². The molecular formula is C15H21NO4. The van der Waals surface area contributed by atoms with Crippen LogP contribution in [0, 0.1) is 5.92 Å². The standard InChI is InChI=1S/C15H21NO4/c1-11(16-14(17)13-8-5-9-19-13)15(18)20-10-12-6-3-2-4-7-12/h5,8-9,11-12H,2-4,6-7,10H2,1H3,(H,16,17)/t11-/m0/s1. The van der Waals surface area contributed by atoms with E-state index < -0.39 is 17.9 Å². The van der Waals surface area contributed by atoms with E-state index in [2.05, 4.69) is 5.32 Å². The molecule has 1 aromatic heterocycles. The quantitative estimate of drug-likeness (QED) is 0.841. The summed E-state index contributed by atoms with van der Waals surface area (Å²) in [6.07, 6.45) is 7.38. The van der Waals surface area contributed by atoms with Crippen LogP contribution in [-0.4, -0.2) is 24.5 Å². The Morgan fingerprint density at radius 2 is 2.15 bits per heavy atom.